The summed E-state index contributed by atoms with van der Waals surface area (Å²) in [4.78, 5) is 2.19. The Morgan fingerprint density at radius 3 is 2.71 bits per heavy atom. The Morgan fingerprint density at radius 2 is 2.08 bits per heavy atom. The lowest BCUT2D eigenvalue weighted by molar-refractivity contribution is -0.0365. The van der Waals surface area contributed by atoms with Crippen LogP contribution in [0.5, 0.6) is 0 Å². The van der Waals surface area contributed by atoms with Crippen LogP contribution in [0.4, 0.5) is 0 Å². The molecule has 0 heterocycles. The average Bonchev–Trinajstić information content (AvgIpc) is 2.95. The summed E-state index contributed by atoms with van der Waals surface area (Å²) in [7, 11) is 0. The molecule has 4 atom stereocenters. The topological polar surface area (TPSA) is 29.5 Å². The average molecular weight is 401 g/mol. The van der Waals surface area contributed by atoms with Crippen molar-refractivity contribution in [3.05, 3.63) is 10.6 Å². The predicted octanol–water partition coefficient (Wildman–Crippen LogP) is 6.22. The molecule has 0 saturated heterocycles. The Labute approximate surface area is 157 Å². The Balaban J connectivity index is 1.86. The fourth-order valence-corrected chi connectivity index (χ4v) is 5.92. The van der Waals surface area contributed by atoms with Crippen LogP contribution < -0.4 is 0 Å². The third-order valence-corrected chi connectivity index (χ3v) is 7.82. The number of aliphatic hydroxyl groups is 1. The summed E-state index contributed by atoms with van der Waals surface area (Å²) in [5, 5.41) is 10.4. The molecule has 2 aliphatic carbocycles. The molecule has 2 aliphatic rings. The molecule has 2 fully saturated rings. The van der Waals surface area contributed by atoms with Gasteiger partial charge in [-0.3, -0.25) is 0 Å². The van der Waals surface area contributed by atoms with Crippen molar-refractivity contribution in [2.45, 2.75) is 97.2 Å². The molecule has 2 rings (SSSR count). The summed E-state index contributed by atoms with van der Waals surface area (Å²) in [6, 6.07) is 0. The highest BCUT2D eigenvalue weighted by molar-refractivity contribution is 9.11. The van der Waals surface area contributed by atoms with E-state index < -0.39 is 5.60 Å². The van der Waals surface area contributed by atoms with E-state index in [0.717, 1.165) is 38.2 Å². The number of halogens is 1. The lowest BCUT2D eigenvalue weighted by Gasteiger charge is -2.44. The van der Waals surface area contributed by atoms with Gasteiger partial charge in [-0.15, -0.1) is 0 Å². The quantitative estimate of drug-likeness (QED) is 0.490. The number of rotatable bonds is 8. The van der Waals surface area contributed by atoms with Crippen LogP contribution in [0.25, 0.3) is 0 Å². The van der Waals surface area contributed by atoms with Crippen LogP contribution in [0.2, 0.25) is 0 Å². The van der Waals surface area contributed by atoms with Crippen molar-refractivity contribution in [2.75, 3.05) is 6.61 Å². The van der Waals surface area contributed by atoms with E-state index in [-0.39, 0.29) is 0 Å². The van der Waals surface area contributed by atoms with Crippen molar-refractivity contribution in [1.29, 1.82) is 0 Å². The smallest absolute Gasteiger partial charge is 0.0643 e. The second kappa shape index (κ2) is 8.68. The zero-order valence-corrected chi connectivity index (χ0v) is 17.7. The lowest BCUT2D eigenvalue weighted by Crippen LogP contribution is -2.38. The minimum absolute atomic E-state index is 0.325. The van der Waals surface area contributed by atoms with E-state index in [4.69, 9.17) is 4.74 Å². The van der Waals surface area contributed by atoms with E-state index in [1.807, 2.05) is 0 Å². The van der Waals surface area contributed by atoms with E-state index in [9.17, 15) is 5.11 Å². The van der Waals surface area contributed by atoms with Gasteiger partial charge >= 0.3 is 0 Å². The summed E-state index contributed by atoms with van der Waals surface area (Å²) < 4.78 is 6.25. The van der Waals surface area contributed by atoms with E-state index in [1.54, 1.807) is 5.57 Å². The van der Waals surface area contributed by atoms with Gasteiger partial charge in [0.05, 0.1) is 11.7 Å². The molecule has 2 nitrogen and oxygen atoms in total. The maximum atomic E-state index is 10.4. The van der Waals surface area contributed by atoms with Gasteiger partial charge in [0.15, 0.2) is 0 Å². The maximum absolute atomic E-state index is 10.4. The van der Waals surface area contributed by atoms with Crippen LogP contribution >= 0.6 is 15.9 Å². The Kier molecular flexibility index (Phi) is 7.40. The Bertz CT molecular complexity index is 430. The SMILES string of the molecule is CCC(O)(CC)CCCO[C@H](C)C1CCC2/C(=C/Br)CCCC21C. The van der Waals surface area contributed by atoms with Crippen molar-refractivity contribution in [2.24, 2.45) is 17.3 Å². The number of hydrogen-bond acceptors (Lipinski definition) is 2. The van der Waals surface area contributed by atoms with E-state index >= 15 is 0 Å². The van der Waals surface area contributed by atoms with E-state index in [0.29, 0.717) is 17.4 Å². The summed E-state index contributed by atoms with van der Waals surface area (Å²) in [5.74, 6) is 1.41. The third kappa shape index (κ3) is 4.27. The Hall–Kier alpha value is 0.140. The van der Waals surface area contributed by atoms with Gasteiger partial charge in [-0.05, 0) is 86.9 Å². The second-order valence-corrected chi connectivity index (χ2v) is 8.85. The van der Waals surface area contributed by atoms with Crippen molar-refractivity contribution < 1.29 is 9.84 Å². The van der Waals surface area contributed by atoms with Gasteiger partial charge in [-0.1, -0.05) is 42.3 Å². The van der Waals surface area contributed by atoms with Crippen LogP contribution in [-0.2, 0) is 4.74 Å². The molecule has 0 aliphatic heterocycles. The summed E-state index contributed by atoms with van der Waals surface area (Å²) in [6.45, 7) is 9.70. The Morgan fingerprint density at radius 1 is 1.38 bits per heavy atom. The summed E-state index contributed by atoms with van der Waals surface area (Å²) in [6.07, 6.45) is 10.3. The highest BCUT2D eigenvalue weighted by Gasteiger charge is 2.51. The second-order valence-electron chi connectivity index (χ2n) is 8.39. The van der Waals surface area contributed by atoms with Gasteiger partial charge in [0.1, 0.15) is 0 Å². The zero-order chi connectivity index (χ0) is 17.8. The van der Waals surface area contributed by atoms with Gasteiger partial charge in [0, 0.05) is 6.61 Å². The molecule has 1 N–H and O–H groups in total. The normalized spacial score (nSPS) is 33.7. The monoisotopic (exact) mass is 400 g/mol. The zero-order valence-electron chi connectivity index (χ0n) is 16.1. The molecule has 0 aromatic rings. The van der Waals surface area contributed by atoms with Crippen LogP contribution in [0, 0.1) is 17.3 Å². The van der Waals surface area contributed by atoms with Gasteiger partial charge < -0.3 is 9.84 Å². The molecule has 0 spiro atoms. The third-order valence-electron chi connectivity index (χ3n) is 7.23. The first-order valence-corrected chi connectivity index (χ1v) is 10.9. The highest BCUT2D eigenvalue weighted by atomic mass is 79.9. The minimum atomic E-state index is -0.490. The summed E-state index contributed by atoms with van der Waals surface area (Å²) >= 11 is 3.59. The van der Waals surface area contributed by atoms with Crippen LogP contribution in [0.1, 0.15) is 85.5 Å². The van der Waals surface area contributed by atoms with Crippen molar-refractivity contribution in [3.8, 4) is 0 Å². The largest absolute Gasteiger partial charge is 0.390 e. The fourth-order valence-electron chi connectivity index (χ4n) is 5.37. The molecule has 0 aromatic carbocycles. The van der Waals surface area contributed by atoms with Crippen molar-refractivity contribution in [3.63, 3.8) is 0 Å². The molecular formula is C21H37BrO2. The van der Waals surface area contributed by atoms with Crippen molar-refractivity contribution in [1.82, 2.24) is 0 Å². The molecule has 0 amide bonds. The minimum Gasteiger partial charge on any atom is -0.390 e. The molecular weight excluding hydrogens is 364 g/mol. The summed E-state index contributed by atoms with van der Waals surface area (Å²) in [5.41, 5.74) is 1.54. The molecule has 0 radical (unpaired) electrons. The predicted molar refractivity (Wildman–Crippen MR) is 105 cm³/mol. The van der Waals surface area contributed by atoms with Gasteiger partial charge in [0.2, 0.25) is 0 Å². The molecule has 3 unspecified atom stereocenters. The van der Waals surface area contributed by atoms with Crippen LogP contribution in [0.3, 0.4) is 0 Å². The molecule has 3 heteroatoms. The standard InChI is InChI=1S/C21H37BrO2/c1-5-21(23,6-2)13-8-14-24-16(3)18-10-11-19-17(15-22)9-7-12-20(18,19)4/h15-16,18-19,23H,5-14H2,1-4H3/b17-15+/t16-,18?,19?,20?/m1/s1. The number of fused-ring (bicyclic) bond motifs is 1. The molecule has 140 valence electrons. The maximum Gasteiger partial charge on any atom is 0.0643 e. The number of allylic oxidation sites excluding steroid dienone is 1. The van der Waals surface area contributed by atoms with E-state index in [1.165, 1.54) is 32.1 Å². The molecule has 0 aromatic heterocycles. The van der Waals surface area contributed by atoms with Gasteiger partial charge in [0.25, 0.3) is 0 Å². The first-order chi connectivity index (χ1) is 11.4. The fraction of sp³-hybridized carbons (Fsp3) is 0.905. The molecule has 2 saturated carbocycles. The van der Waals surface area contributed by atoms with Crippen molar-refractivity contribution >= 4 is 15.9 Å². The first-order valence-electron chi connectivity index (χ1n) is 10.0. The molecule has 0 bridgehead atoms. The first kappa shape index (κ1) is 20.5. The van der Waals surface area contributed by atoms with Crippen LogP contribution in [-0.4, -0.2) is 23.4 Å². The number of hydrogen-bond donors (Lipinski definition) is 1. The number of ether oxygens (including phenoxy) is 1. The van der Waals surface area contributed by atoms with E-state index in [2.05, 4.69) is 48.6 Å². The van der Waals surface area contributed by atoms with Gasteiger partial charge in [-0.2, -0.15) is 0 Å². The molecule has 24 heavy (non-hydrogen) atoms. The highest BCUT2D eigenvalue weighted by Crippen LogP contribution is 2.58. The lowest BCUT2D eigenvalue weighted by atomic mass is 9.63. The van der Waals surface area contributed by atoms with Gasteiger partial charge in [-0.25, -0.2) is 0 Å². The van der Waals surface area contributed by atoms with Crippen LogP contribution in [0.15, 0.2) is 10.6 Å².